The summed E-state index contributed by atoms with van der Waals surface area (Å²) in [5.41, 5.74) is 7.40. The largest absolute Gasteiger partial charge is 0.374 e. The molecule has 0 aliphatic rings. The first-order valence-corrected chi connectivity index (χ1v) is 4.58. The molecule has 0 spiro atoms. The summed E-state index contributed by atoms with van der Waals surface area (Å²) in [4.78, 5) is 0. The van der Waals surface area contributed by atoms with Crippen molar-refractivity contribution in [3.63, 3.8) is 0 Å². The SMILES string of the molecule is Cc1cc(-c2nnc(N)s2)n(C)n1. The first kappa shape index (κ1) is 8.18. The Morgan fingerprint density at radius 3 is 2.69 bits per heavy atom. The topological polar surface area (TPSA) is 69.6 Å². The minimum absolute atomic E-state index is 0.480. The molecule has 68 valence electrons. The van der Waals surface area contributed by atoms with Gasteiger partial charge in [0.25, 0.3) is 0 Å². The highest BCUT2D eigenvalue weighted by molar-refractivity contribution is 7.18. The minimum atomic E-state index is 0.480. The fourth-order valence-corrected chi connectivity index (χ4v) is 1.81. The van der Waals surface area contributed by atoms with E-state index in [9.17, 15) is 0 Å². The van der Waals surface area contributed by atoms with Gasteiger partial charge in [-0.25, -0.2) is 0 Å². The highest BCUT2D eigenvalue weighted by Gasteiger charge is 2.09. The molecular formula is C7H9N5S. The number of nitrogen functional groups attached to an aromatic ring is 1. The molecule has 0 atom stereocenters. The maximum absolute atomic E-state index is 5.49. The van der Waals surface area contributed by atoms with E-state index in [1.165, 1.54) is 11.3 Å². The van der Waals surface area contributed by atoms with Crippen LogP contribution in [-0.2, 0) is 7.05 Å². The van der Waals surface area contributed by atoms with Crippen molar-refractivity contribution >= 4 is 16.5 Å². The van der Waals surface area contributed by atoms with Crippen molar-refractivity contribution in [2.45, 2.75) is 6.92 Å². The van der Waals surface area contributed by atoms with Gasteiger partial charge in [0.15, 0.2) is 5.01 Å². The lowest BCUT2D eigenvalue weighted by Gasteiger charge is -1.93. The van der Waals surface area contributed by atoms with Crippen LogP contribution in [0.15, 0.2) is 6.07 Å². The normalized spacial score (nSPS) is 10.6. The fraction of sp³-hybridized carbons (Fsp3) is 0.286. The molecule has 2 aromatic heterocycles. The van der Waals surface area contributed by atoms with Gasteiger partial charge in [0.2, 0.25) is 5.13 Å². The molecule has 5 nitrogen and oxygen atoms in total. The molecular weight excluding hydrogens is 186 g/mol. The molecule has 2 heterocycles. The molecule has 13 heavy (non-hydrogen) atoms. The third-order valence-corrected chi connectivity index (χ3v) is 2.44. The number of aromatic nitrogens is 4. The standard InChI is InChI=1S/C7H9N5S/c1-4-3-5(12(2)11-4)6-9-10-7(8)13-6/h3H,1-2H3,(H2,8,10). The van der Waals surface area contributed by atoms with Gasteiger partial charge in [0, 0.05) is 7.05 Å². The lowest BCUT2D eigenvalue weighted by Crippen LogP contribution is -1.93. The van der Waals surface area contributed by atoms with Gasteiger partial charge in [-0.3, -0.25) is 4.68 Å². The Kier molecular flexibility index (Phi) is 1.77. The molecule has 0 amide bonds. The van der Waals surface area contributed by atoms with Crippen molar-refractivity contribution < 1.29 is 0 Å². The predicted octanol–water partition coefficient (Wildman–Crippen LogP) is 0.829. The minimum Gasteiger partial charge on any atom is -0.374 e. The number of nitrogens with zero attached hydrogens (tertiary/aromatic N) is 4. The van der Waals surface area contributed by atoms with E-state index in [-0.39, 0.29) is 0 Å². The number of hydrogen-bond donors (Lipinski definition) is 1. The Morgan fingerprint density at radius 2 is 2.23 bits per heavy atom. The summed E-state index contributed by atoms with van der Waals surface area (Å²) >= 11 is 1.36. The number of anilines is 1. The van der Waals surface area contributed by atoms with E-state index in [0.717, 1.165) is 16.4 Å². The van der Waals surface area contributed by atoms with Crippen LogP contribution in [-0.4, -0.2) is 20.0 Å². The van der Waals surface area contributed by atoms with Gasteiger partial charge in [-0.2, -0.15) is 5.10 Å². The van der Waals surface area contributed by atoms with Crippen LogP contribution in [0, 0.1) is 6.92 Å². The van der Waals surface area contributed by atoms with Crippen molar-refractivity contribution in [1.29, 1.82) is 0 Å². The van der Waals surface area contributed by atoms with Crippen molar-refractivity contribution in [3.8, 4) is 10.7 Å². The summed E-state index contributed by atoms with van der Waals surface area (Å²) in [6, 6.07) is 1.96. The van der Waals surface area contributed by atoms with Crippen LogP contribution >= 0.6 is 11.3 Å². The molecule has 0 bridgehead atoms. The average molecular weight is 195 g/mol. The van der Waals surface area contributed by atoms with Crippen molar-refractivity contribution in [3.05, 3.63) is 11.8 Å². The molecule has 0 aromatic carbocycles. The third kappa shape index (κ3) is 1.40. The van der Waals surface area contributed by atoms with E-state index in [0.29, 0.717) is 5.13 Å². The molecule has 0 saturated heterocycles. The van der Waals surface area contributed by atoms with E-state index < -0.39 is 0 Å². The van der Waals surface area contributed by atoms with Crippen LogP contribution in [0.3, 0.4) is 0 Å². The van der Waals surface area contributed by atoms with Crippen molar-refractivity contribution in [2.24, 2.45) is 7.05 Å². The zero-order valence-corrected chi connectivity index (χ0v) is 8.17. The molecule has 0 aliphatic heterocycles. The number of aryl methyl sites for hydroxylation is 2. The van der Waals surface area contributed by atoms with Crippen LogP contribution in [0.5, 0.6) is 0 Å². The summed E-state index contributed by atoms with van der Waals surface area (Å²) < 4.78 is 1.77. The summed E-state index contributed by atoms with van der Waals surface area (Å²) in [5.74, 6) is 0. The lowest BCUT2D eigenvalue weighted by atomic mass is 10.4. The van der Waals surface area contributed by atoms with E-state index in [2.05, 4.69) is 15.3 Å². The molecule has 0 fully saturated rings. The second-order valence-electron chi connectivity index (χ2n) is 2.74. The molecule has 0 unspecified atom stereocenters. The smallest absolute Gasteiger partial charge is 0.203 e. The Morgan fingerprint density at radius 1 is 1.46 bits per heavy atom. The molecule has 0 radical (unpaired) electrons. The molecule has 2 rings (SSSR count). The van der Waals surface area contributed by atoms with Crippen LogP contribution in [0.4, 0.5) is 5.13 Å². The van der Waals surface area contributed by atoms with Gasteiger partial charge in [0.1, 0.15) is 0 Å². The lowest BCUT2D eigenvalue weighted by molar-refractivity contribution is 0.762. The van der Waals surface area contributed by atoms with Crippen molar-refractivity contribution in [2.75, 3.05) is 5.73 Å². The van der Waals surface area contributed by atoms with Gasteiger partial charge < -0.3 is 5.73 Å². The van der Waals surface area contributed by atoms with E-state index in [1.807, 2.05) is 20.0 Å². The molecule has 0 saturated carbocycles. The predicted molar refractivity (Wildman–Crippen MR) is 51.3 cm³/mol. The summed E-state index contributed by atoms with van der Waals surface area (Å²) in [6.07, 6.45) is 0. The Bertz CT molecular complexity index is 430. The second-order valence-corrected chi connectivity index (χ2v) is 3.75. The van der Waals surface area contributed by atoms with Gasteiger partial charge in [-0.15, -0.1) is 10.2 Å². The van der Waals surface area contributed by atoms with Crippen LogP contribution in [0.1, 0.15) is 5.69 Å². The molecule has 2 aromatic rings. The zero-order valence-electron chi connectivity index (χ0n) is 7.35. The quantitative estimate of drug-likeness (QED) is 0.731. The first-order valence-electron chi connectivity index (χ1n) is 3.77. The zero-order chi connectivity index (χ0) is 9.42. The van der Waals surface area contributed by atoms with Gasteiger partial charge in [-0.05, 0) is 13.0 Å². The van der Waals surface area contributed by atoms with Crippen LogP contribution < -0.4 is 5.73 Å². The summed E-state index contributed by atoms with van der Waals surface area (Å²) in [6.45, 7) is 1.94. The van der Waals surface area contributed by atoms with E-state index in [4.69, 9.17) is 5.73 Å². The Labute approximate surface area is 79.2 Å². The van der Waals surface area contributed by atoms with E-state index in [1.54, 1.807) is 4.68 Å². The molecule has 6 heteroatoms. The average Bonchev–Trinajstić information content (AvgIpc) is 2.58. The number of nitrogens with two attached hydrogens (primary N) is 1. The monoisotopic (exact) mass is 195 g/mol. The maximum atomic E-state index is 5.49. The summed E-state index contributed by atoms with van der Waals surface area (Å²) in [7, 11) is 1.87. The fourth-order valence-electron chi connectivity index (χ4n) is 1.15. The molecule has 0 aliphatic carbocycles. The maximum Gasteiger partial charge on any atom is 0.203 e. The Balaban J connectivity index is 2.51. The molecule has 2 N–H and O–H groups in total. The number of hydrogen-bond acceptors (Lipinski definition) is 5. The third-order valence-electron chi connectivity index (χ3n) is 1.66. The van der Waals surface area contributed by atoms with Gasteiger partial charge in [0.05, 0.1) is 11.4 Å². The first-order chi connectivity index (χ1) is 6.16. The summed E-state index contributed by atoms with van der Waals surface area (Å²) in [5, 5.41) is 13.2. The highest BCUT2D eigenvalue weighted by Crippen LogP contribution is 2.24. The van der Waals surface area contributed by atoms with Gasteiger partial charge in [-0.1, -0.05) is 11.3 Å². The number of rotatable bonds is 1. The van der Waals surface area contributed by atoms with Crippen LogP contribution in [0.2, 0.25) is 0 Å². The van der Waals surface area contributed by atoms with Gasteiger partial charge >= 0.3 is 0 Å². The second kappa shape index (κ2) is 2.81. The Hall–Kier alpha value is -1.43. The van der Waals surface area contributed by atoms with Crippen LogP contribution in [0.25, 0.3) is 10.7 Å². The van der Waals surface area contributed by atoms with Crippen molar-refractivity contribution in [1.82, 2.24) is 20.0 Å². The highest BCUT2D eigenvalue weighted by atomic mass is 32.1. The van der Waals surface area contributed by atoms with E-state index >= 15 is 0 Å².